The second-order valence-electron chi connectivity index (χ2n) is 6.26. The van der Waals surface area contributed by atoms with Crippen molar-refractivity contribution in [2.24, 2.45) is 0 Å². The maximum Gasteiger partial charge on any atom is 0.417 e. The van der Waals surface area contributed by atoms with Crippen LogP contribution in [0.4, 0.5) is 13.2 Å². The van der Waals surface area contributed by atoms with Crippen molar-refractivity contribution in [1.29, 1.82) is 0 Å². The SMILES string of the molecule is O=C(c1ccccc1C(F)(F)F)N1CCC[C@@H]1c1noc2ccccc12. The minimum atomic E-state index is -4.58. The van der Waals surface area contributed by atoms with Gasteiger partial charge in [-0.2, -0.15) is 13.2 Å². The predicted molar refractivity (Wildman–Crippen MR) is 88.5 cm³/mol. The molecule has 2 heterocycles. The average molecular weight is 360 g/mol. The number of likely N-dealkylation sites (tertiary alicyclic amines) is 1. The number of para-hydroxylation sites is 1. The topological polar surface area (TPSA) is 46.3 Å². The van der Waals surface area contributed by atoms with E-state index in [0.717, 1.165) is 11.5 Å². The summed E-state index contributed by atoms with van der Waals surface area (Å²) in [5.41, 5.74) is -0.0613. The van der Waals surface area contributed by atoms with Crippen LogP contribution in [-0.4, -0.2) is 22.5 Å². The van der Waals surface area contributed by atoms with Crippen LogP contribution in [0.25, 0.3) is 11.0 Å². The Morgan fingerprint density at radius 2 is 1.85 bits per heavy atom. The van der Waals surface area contributed by atoms with E-state index in [2.05, 4.69) is 5.16 Å². The number of carbonyl (C=O) groups excluding carboxylic acids is 1. The number of hydrogen-bond acceptors (Lipinski definition) is 3. The molecule has 4 rings (SSSR count). The van der Waals surface area contributed by atoms with E-state index in [1.165, 1.54) is 23.1 Å². The fraction of sp³-hybridized carbons (Fsp3) is 0.263. The summed E-state index contributed by atoms with van der Waals surface area (Å²) in [5.74, 6) is -0.632. The van der Waals surface area contributed by atoms with Crippen LogP contribution >= 0.6 is 0 Å². The molecule has 1 aliphatic rings. The Morgan fingerprint density at radius 3 is 2.65 bits per heavy atom. The first-order valence-electron chi connectivity index (χ1n) is 8.28. The molecule has 2 aromatic carbocycles. The van der Waals surface area contributed by atoms with Crippen LogP contribution in [0, 0.1) is 0 Å². The Kier molecular flexibility index (Phi) is 3.94. The van der Waals surface area contributed by atoms with Crippen LogP contribution in [0.2, 0.25) is 0 Å². The lowest BCUT2D eigenvalue weighted by atomic mass is 10.0. The van der Waals surface area contributed by atoms with E-state index in [9.17, 15) is 18.0 Å². The van der Waals surface area contributed by atoms with Gasteiger partial charge in [-0.25, -0.2) is 0 Å². The van der Waals surface area contributed by atoms with Gasteiger partial charge < -0.3 is 9.42 Å². The van der Waals surface area contributed by atoms with Gasteiger partial charge in [-0.05, 0) is 37.1 Å². The Hall–Kier alpha value is -2.83. The van der Waals surface area contributed by atoms with Gasteiger partial charge in [0, 0.05) is 11.9 Å². The summed E-state index contributed by atoms with van der Waals surface area (Å²) in [7, 11) is 0. The number of benzene rings is 2. The molecule has 1 aliphatic heterocycles. The lowest BCUT2D eigenvalue weighted by molar-refractivity contribution is -0.138. The van der Waals surface area contributed by atoms with Crippen LogP contribution in [0.15, 0.2) is 53.1 Å². The van der Waals surface area contributed by atoms with Gasteiger partial charge >= 0.3 is 6.18 Å². The molecule has 4 nitrogen and oxygen atoms in total. The van der Waals surface area contributed by atoms with Gasteiger partial charge in [-0.1, -0.05) is 29.4 Å². The Bertz CT molecular complexity index is 965. The van der Waals surface area contributed by atoms with Crippen LogP contribution in [0.3, 0.4) is 0 Å². The minimum Gasteiger partial charge on any atom is -0.356 e. The van der Waals surface area contributed by atoms with E-state index in [1.807, 2.05) is 18.2 Å². The van der Waals surface area contributed by atoms with Crippen LogP contribution in [0.1, 0.15) is 40.5 Å². The molecule has 1 fully saturated rings. The maximum absolute atomic E-state index is 13.3. The molecule has 134 valence electrons. The number of nitrogens with zero attached hydrogens (tertiary/aromatic N) is 2. The van der Waals surface area contributed by atoms with Crippen molar-refractivity contribution >= 4 is 16.9 Å². The fourth-order valence-electron chi connectivity index (χ4n) is 3.51. The smallest absolute Gasteiger partial charge is 0.356 e. The Morgan fingerprint density at radius 1 is 1.12 bits per heavy atom. The molecule has 1 amide bonds. The van der Waals surface area contributed by atoms with Crippen molar-refractivity contribution in [3.8, 4) is 0 Å². The molecule has 1 aromatic heterocycles. The molecule has 1 saturated heterocycles. The number of halogens is 3. The van der Waals surface area contributed by atoms with E-state index in [-0.39, 0.29) is 5.56 Å². The molecule has 0 bridgehead atoms. The molecule has 0 unspecified atom stereocenters. The molecule has 0 spiro atoms. The van der Waals surface area contributed by atoms with E-state index in [0.29, 0.717) is 30.7 Å². The third-order valence-corrected chi connectivity index (χ3v) is 4.70. The first kappa shape index (κ1) is 16.6. The normalized spacial score (nSPS) is 17.8. The molecule has 26 heavy (non-hydrogen) atoms. The summed E-state index contributed by atoms with van der Waals surface area (Å²) in [4.78, 5) is 14.4. The van der Waals surface area contributed by atoms with Gasteiger partial charge in [0.15, 0.2) is 5.58 Å². The summed E-state index contributed by atoms with van der Waals surface area (Å²) in [6.45, 7) is 0.386. The van der Waals surface area contributed by atoms with Crippen molar-refractivity contribution in [3.05, 3.63) is 65.4 Å². The number of hydrogen-bond donors (Lipinski definition) is 0. The van der Waals surface area contributed by atoms with Crippen LogP contribution in [-0.2, 0) is 6.18 Å². The fourth-order valence-corrected chi connectivity index (χ4v) is 3.51. The zero-order valence-electron chi connectivity index (χ0n) is 13.7. The average Bonchev–Trinajstić information content (AvgIpc) is 3.26. The van der Waals surface area contributed by atoms with Crippen LogP contribution in [0.5, 0.6) is 0 Å². The molecular weight excluding hydrogens is 345 g/mol. The van der Waals surface area contributed by atoms with Gasteiger partial charge in [0.2, 0.25) is 0 Å². The first-order chi connectivity index (χ1) is 12.5. The summed E-state index contributed by atoms with van der Waals surface area (Å²) in [6.07, 6.45) is -3.25. The third-order valence-electron chi connectivity index (χ3n) is 4.70. The number of amides is 1. The summed E-state index contributed by atoms with van der Waals surface area (Å²) in [6, 6.07) is 11.7. The maximum atomic E-state index is 13.3. The highest BCUT2D eigenvalue weighted by Gasteiger charge is 2.39. The predicted octanol–water partition coefficient (Wildman–Crippen LogP) is 4.82. The van der Waals surface area contributed by atoms with Crippen molar-refractivity contribution in [2.45, 2.75) is 25.1 Å². The van der Waals surface area contributed by atoms with E-state index in [4.69, 9.17) is 4.52 Å². The molecular formula is C19H15F3N2O2. The minimum absolute atomic E-state index is 0.334. The van der Waals surface area contributed by atoms with Gasteiger partial charge in [0.05, 0.1) is 17.2 Å². The summed E-state index contributed by atoms with van der Waals surface area (Å²) < 4.78 is 45.1. The van der Waals surface area contributed by atoms with Gasteiger partial charge in [-0.3, -0.25) is 4.79 Å². The third kappa shape index (κ3) is 2.73. The number of fused-ring (bicyclic) bond motifs is 1. The summed E-state index contributed by atoms with van der Waals surface area (Å²) >= 11 is 0. The molecule has 0 saturated carbocycles. The molecule has 0 aliphatic carbocycles. The van der Waals surface area contributed by atoms with Gasteiger partial charge in [-0.15, -0.1) is 0 Å². The summed E-state index contributed by atoms with van der Waals surface area (Å²) in [5, 5.41) is 4.86. The number of aromatic nitrogens is 1. The van der Waals surface area contributed by atoms with Crippen molar-refractivity contribution in [2.75, 3.05) is 6.54 Å². The first-order valence-corrected chi connectivity index (χ1v) is 8.28. The zero-order valence-corrected chi connectivity index (χ0v) is 13.7. The van der Waals surface area contributed by atoms with Crippen molar-refractivity contribution in [3.63, 3.8) is 0 Å². The molecule has 7 heteroatoms. The molecule has 3 aromatic rings. The number of rotatable bonds is 2. The van der Waals surface area contributed by atoms with E-state index in [1.54, 1.807) is 6.07 Å². The van der Waals surface area contributed by atoms with Crippen LogP contribution < -0.4 is 0 Å². The second kappa shape index (κ2) is 6.16. The van der Waals surface area contributed by atoms with Gasteiger partial charge in [0.25, 0.3) is 5.91 Å². The molecule has 0 radical (unpaired) electrons. The Labute approximate surface area is 147 Å². The van der Waals surface area contributed by atoms with Crippen molar-refractivity contribution < 1.29 is 22.5 Å². The number of alkyl halides is 3. The molecule has 1 atom stereocenters. The standard InChI is InChI=1S/C19H15F3N2O2/c20-19(21,22)14-8-3-1-6-12(14)18(25)24-11-5-9-15(24)17-13-7-2-4-10-16(13)26-23-17/h1-4,6-8,10,15H,5,9,11H2/t15-/m1/s1. The lowest BCUT2D eigenvalue weighted by Crippen LogP contribution is -2.32. The number of carbonyl (C=O) groups is 1. The van der Waals surface area contributed by atoms with Crippen molar-refractivity contribution in [1.82, 2.24) is 10.1 Å². The highest BCUT2D eigenvalue weighted by atomic mass is 19.4. The zero-order chi connectivity index (χ0) is 18.3. The highest BCUT2D eigenvalue weighted by molar-refractivity contribution is 5.96. The van der Waals surface area contributed by atoms with Gasteiger partial charge in [0.1, 0.15) is 5.69 Å². The largest absolute Gasteiger partial charge is 0.417 e. The monoisotopic (exact) mass is 360 g/mol. The lowest BCUT2D eigenvalue weighted by Gasteiger charge is -2.25. The highest BCUT2D eigenvalue weighted by Crippen LogP contribution is 2.38. The second-order valence-corrected chi connectivity index (χ2v) is 6.26. The van der Waals surface area contributed by atoms with E-state index < -0.39 is 23.7 Å². The van der Waals surface area contributed by atoms with E-state index >= 15 is 0 Å². The quantitative estimate of drug-likeness (QED) is 0.658. The Balaban J connectivity index is 1.73. The molecule has 0 N–H and O–H groups in total.